The van der Waals surface area contributed by atoms with Gasteiger partial charge in [0.15, 0.2) is 0 Å². The summed E-state index contributed by atoms with van der Waals surface area (Å²) < 4.78 is 1.98. The molecule has 0 bridgehead atoms. The third-order valence-corrected chi connectivity index (χ3v) is 2.58. The highest BCUT2D eigenvalue weighted by atomic mass is 15.3. The number of nitrogens with two attached hydrogens (primary N) is 2. The molecule has 1 aromatic heterocycles. The van der Waals surface area contributed by atoms with E-state index in [9.17, 15) is 0 Å². The number of nitrogens with zero attached hydrogens (tertiary/aromatic N) is 2. The number of anilines is 1. The molecule has 5 heteroatoms. The molecule has 1 aliphatic rings. The standard InChI is InChI=1S/C9H17N5/c10-3-2-8(11)7-6-13-14-5-1-4-12-9(7)14/h6,8,12H,1-5,10-11H2. The van der Waals surface area contributed by atoms with Crippen LogP contribution in [0.2, 0.25) is 0 Å². The first-order chi connectivity index (χ1) is 6.83. The summed E-state index contributed by atoms with van der Waals surface area (Å²) in [6.07, 6.45) is 3.79. The van der Waals surface area contributed by atoms with Gasteiger partial charge in [0.25, 0.3) is 0 Å². The van der Waals surface area contributed by atoms with Crippen molar-refractivity contribution in [3.05, 3.63) is 11.8 Å². The number of aromatic nitrogens is 2. The minimum absolute atomic E-state index is 0.00866. The molecule has 0 aromatic carbocycles. The lowest BCUT2D eigenvalue weighted by Gasteiger charge is -2.19. The molecule has 0 aliphatic carbocycles. The molecule has 5 N–H and O–H groups in total. The number of fused-ring (bicyclic) bond motifs is 1. The number of hydrogen-bond acceptors (Lipinski definition) is 4. The third-order valence-electron chi connectivity index (χ3n) is 2.58. The van der Waals surface area contributed by atoms with Crippen LogP contribution in [0.1, 0.15) is 24.4 Å². The molecule has 0 saturated heterocycles. The Morgan fingerprint density at radius 3 is 3.29 bits per heavy atom. The maximum Gasteiger partial charge on any atom is 0.129 e. The largest absolute Gasteiger partial charge is 0.370 e. The molecule has 0 radical (unpaired) electrons. The van der Waals surface area contributed by atoms with E-state index in [0.29, 0.717) is 6.54 Å². The van der Waals surface area contributed by atoms with Crippen LogP contribution in [-0.2, 0) is 6.54 Å². The number of hydrogen-bond donors (Lipinski definition) is 3. The van der Waals surface area contributed by atoms with Crippen molar-refractivity contribution in [3.63, 3.8) is 0 Å². The molecule has 5 nitrogen and oxygen atoms in total. The van der Waals surface area contributed by atoms with Gasteiger partial charge in [-0.15, -0.1) is 0 Å². The van der Waals surface area contributed by atoms with Gasteiger partial charge in [-0.3, -0.25) is 0 Å². The van der Waals surface area contributed by atoms with Gasteiger partial charge in [0.2, 0.25) is 0 Å². The molecule has 1 unspecified atom stereocenters. The van der Waals surface area contributed by atoms with E-state index in [0.717, 1.165) is 37.3 Å². The summed E-state index contributed by atoms with van der Waals surface area (Å²) in [5, 5.41) is 7.62. The molecule has 0 saturated carbocycles. The van der Waals surface area contributed by atoms with Gasteiger partial charge in [-0.05, 0) is 19.4 Å². The predicted molar refractivity (Wildman–Crippen MR) is 55.9 cm³/mol. The zero-order valence-electron chi connectivity index (χ0n) is 8.24. The number of rotatable bonds is 3. The van der Waals surface area contributed by atoms with Gasteiger partial charge < -0.3 is 16.8 Å². The SMILES string of the molecule is NCCC(N)c1cnn2c1NCCC2. The van der Waals surface area contributed by atoms with E-state index in [1.165, 1.54) is 0 Å². The molecule has 0 spiro atoms. The van der Waals surface area contributed by atoms with Crippen LogP contribution in [-0.4, -0.2) is 22.9 Å². The first-order valence-electron chi connectivity index (χ1n) is 5.08. The molecular weight excluding hydrogens is 178 g/mol. The Bertz CT molecular complexity index is 306. The summed E-state index contributed by atoms with van der Waals surface area (Å²) >= 11 is 0. The Labute approximate surface area is 83.5 Å². The number of aryl methyl sites for hydroxylation is 1. The molecular formula is C9H17N5. The fourth-order valence-electron chi connectivity index (χ4n) is 1.80. The van der Waals surface area contributed by atoms with Gasteiger partial charge >= 0.3 is 0 Å². The van der Waals surface area contributed by atoms with Crippen molar-refractivity contribution in [2.24, 2.45) is 11.5 Å². The van der Waals surface area contributed by atoms with Crippen molar-refractivity contribution in [2.45, 2.75) is 25.4 Å². The van der Waals surface area contributed by atoms with Gasteiger partial charge in [-0.1, -0.05) is 0 Å². The fraction of sp³-hybridized carbons (Fsp3) is 0.667. The summed E-state index contributed by atoms with van der Waals surface area (Å²) in [5.74, 6) is 1.08. The van der Waals surface area contributed by atoms with E-state index in [1.807, 2.05) is 10.9 Å². The van der Waals surface area contributed by atoms with Crippen LogP contribution in [0.25, 0.3) is 0 Å². The molecule has 1 atom stereocenters. The van der Waals surface area contributed by atoms with Crippen LogP contribution in [0, 0.1) is 0 Å². The predicted octanol–water partition coefficient (Wildman–Crippen LogP) is 0.0473. The molecule has 0 fully saturated rings. The minimum Gasteiger partial charge on any atom is -0.370 e. The molecule has 1 aliphatic heterocycles. The average Bonchev–Trinajstić information content (AvgIpc) is 2.61. The third kappa shape index (κ3) is 1.60. The van der Waals surface area contributed by atoms with Crippen LogP contribution in [0.5, 0.6) is 0 Å². The summed E-state index contributed by atoms with van der Waals surface area (Å²) in [6.45, 7) is 2.61. The van der Waals surface area contributed by atoms with Gasteiger partial charge in [-0.25, -0.2) is 4.68 Å². The number of nitrogens with one attached hydrogen (secondary N) is 1. The van der Waals surface area contributed by atoms with Gasteiger partial charge in [-0.2, -0.15) is 5.10 Å². The highest BCUT2D eigenvalue weighted by Gasteiger charge is 2.18. The van der Waals surface area contributed by atoms with Gasteiger partial charge in [0.1, 0.15) is 5.82 Å². The average molecular weight is 195 g/mol. The normalized spacial score (nSPS) is 17.3. The van der Waals surface area contributed by atoms with Crippen LogP contribution < -0.4 is 16.8 Å². The van der Waals surface area contributed by atoms with Crippen molar-refractivity contribution < 1.29 is 0 Å². The molecule has 78 valence electrons. The van der Waals surface area contributed by atoms with E-state index in [1.54, 1.807) is 0 Å². The Hall–Kier alpha value is -1.07. The second-order valence-electron chi connectivity index (χ2n) is 3.64. The van der Waals surface area contributed by atoms with E-state index >= 15 is 0 Å². The smallest absolute Gasteiger partial charge is 0.129 e. The second-order valence-corrected chi connectivity index (χ2v) is 3.64. The Balaban J connectivity index is 2.21. The summed E-state index contributed by atoms with van der Waals surface area (Å²) in [6, 6.07) is 0.00866. The monoisotopic (exact) mass is 195 g/mol. The lowest BCUT2D eigenvalue weighted by molar-refractivity contribution is 0.564. The summed E-state index contributed by atoms with van der Waals surface area (Å²) in [5.41, 5.74) is 12.6. The highest BCUT2D eigenvalue weighted by Crippen LogP contribution is 2.25. The van der Waals surface area contributed by atoms with Gasteiger partial charge in [0, 0.05) is 24.7 Å². The fourth-order valence-corrected chi connectivity index (χ4v) is 1.80. The summed E-state index contributed by atoms with van der Waals surface area (Å²) in [4.78, 5) is 0. The van der Waals surface area contributed by atoms with E-state index in [-0.39, 0.29) is 6.04 Å². The zero-order chi connectivity index (χ0) is 9.97. The maximum atomic E-state index is 6.00. The van der Waals surface area contributed by atoms with Crippen molar-refractivity contribution in [3.8, 4) is 0 Å². The first-order valence-corrected chi connectivity index (χ1v) is 5.08. The van der Waals surface area contributed by atoms with Crippen LogP contribution >= 0.6 is 0 Å². The Morgan fingerprint density at radius 2 is 2.50 bits per heavy atom. The Morgan fingerprint density at radius 1 is 1.64 bits per heavy atom. The maximum absolute atomic E-state index is 6.00. The molecule has 2 rings (SSSR count). The van der Waals surface area contributed by atoms with Crippen LogP contribution in [0.3, 0.4) is 0 Å². The first kappa shape index (κ1) is 9.48. The second kappa shape index (κ2) is 3.98. The topological polar surface area (TPSA) is 81.9 Å². The minimum atomic E-state index is 0.00866. The molecule has 14 heavy (non-hydrogen) atoms. The Kier molecular flexibility index (Phi) is 2.69. The molecule has 2 heterocycles. The van der Waals surface area contributed by atoms with Crippen molar-refractivity contribution >= 4 is 5.82 Å². The van der Waals surface area contributed by atoms with E-state index < -0.39 is 0 Å². The van der Waals surface area contributed by atoms with Crippen molar-refractivity contribution in [1.29, 1.82) is 0 Å². The molecule has 1 aromatic rings. The summed E-state index contributed by atoms with van der Waals surface area (Å²) in [7, 11) is 0. The van der Waals surface area contributed by atoms with E-state index in [2.05, 4.69) is 10.4 Å². The molecule has 0 amide bonds. The van der Waals surface area contributed by atoms with Crippen molar-refractivity contribution in [1.82, 2.24) is 9.78 Å². The van der Waals surface area contributed by atoms with E-state index in [4.69, 9.17) is 11.5 Å². The lowest BCUT2D eigenvalue weighted by atomic mass is 10.1. The lowest BCUT2D eigenvalue weighted by Crippen LogP contribution is -2.21. The van der Waals surface area contributed by atoms with Crippen molar-refractivity contribution in [2.75, 3.05) is 18.4 Å². The quantitative estimate of drug-likeness (QED) is 0.636. The van der Waals surface area contributed by atoms with Gasteiger partial charge in [0.05, 0.1) is 6.20 Å². The zero-order valence-corrected chi connectivity index (χ0v) is 8.24. The van der Waals surface area contributed by atoms with Crippen LogP contribution in [0.4, 0.5) is 5.82 Å². The highest BCUT2D eigenvalue weighted by molar-refractivity contribution is 5.46. The van der Waals surface area contributed by atoms with Crippen LogP contribution in [0.15, 0.2) is 6.20 Å².